The number of cyclic esters (lactones) is 2. The number of carbonyl (C=O) groups is 2. The average Bonchev–Trinajstić information content (AvgIpc) is 2.89. The average molecular weight is 405 g/mol. The van der Waals surface area contributed by atoms with Crippen LogP contribution < -0.4 is 10.8 Å². The normalized spacial score (nSPS) is 21.8. The molecular formula is C20H28BNO7. The molecule has 1 amide bonds. The summed E-state index contributed by atoms with van der Waals surface area (Å²) in [6.07, 6.45) is -1.23. The first-order valence-electron chi connectivity index (χ1n) is 9.64. The van der Waals surface area contributed by atoms with E-state index in [9.17, 15) is 9.59 Å². The van der Waals surface area contributed by atoms with E-state index < -0.39 is 36.0 Å². The van der Waals surface area contributed by atoms with Gasteiger partial charge in [-0.15, -0.1) is 0 Å². The third kappa shape index (κ3) is 5.03. The second kappa shape index (κ2) is 7.87. The highest BCUT2D eigenvalue weighted by molar-refractivity contribution is 6.62. The summed E-state index contributed by atoms with van der Waals surface area (Å²) in [6.45, 7) is 10.7. The molecule has 3 rings (SSSR count). The number of hydrogen-bond acceptors (Lipinski definition) is 7. The Morgan fingerprint density at radius 2 is 1.59 bits per heavy atom. The summed E-state index contributed by atoms with van der Waals surface area (Å²) in [7, 11) is -0.425. The Bertz CT molecular complexity index is 737. The van der Waals surface area contributed by atoms with Gasteiger partial charge in [-0.25, -0.2) is 9.59 Å². The second-order valence-corrected chi connectivity index (χ2v) is 8.90. The molecule has 2 fully saturated rings. The third-order valence-electron chi connectivity index (χ3n) is 5.61. The summed E-state index contributed by atoms with van der Waals surface area (Å²) in [5.41, 5.74) is 0.501. The molecule has 1 aromatic rings. The first-order valence-corrected chi connectivity index (χ1v) is 9.64. The Hall–Kier alpha value is -2.26. The summed E-state index contributed by atoms with van der Waals surface area (Å²) < 4.78 is 27.0. The smallest absolute Gasteiger partial charge is 0.445 e. The minimum Gasteiger partial charge on any atom is -0.445 e. The van der Waals surface area contributed by atoms with Crippen LogP contribution in [0.25, 0.3) is 0 Å². The number of nitrogens with one attached hydrogen (secondary N) is 1. The quantitative estimate of drug-likeness (QED) is 0.594. The second-order valence-electron chi connectivity index (χ2n) is 8.90. The minimum absolute atomic E-state index is 0.137. The summed E-state index contributed by atoms with van der Waals surface area (Å²) in [5, 5.41) is 2.68. The van der Waals surface area contributed by atoms with Crippen LogP contribution in [0.15, 0.2) is 24.3 Å². The zero-order valence-electron chi connectivity index (χ0n) is 17.6. The maximum absolute atomic E-state index is 12.0. The molecule has 0 atom stereocenters. The first kappa shape index (κ1) is 21.5. The van der Waals surface area contributed by atoms with E-state index in [0.29, 0.717) is 0 Å². The third-order valence-corrected chi connectivity index (χ3v) is 5.61. The highest BCUT2D eigenvalue weighted by Crippen LogP contribution is 2.36. The van der Waals surface area contributed by atoms with Gasteiger partial charge in [-0.2, -0.15) is 0 Å². The molecule has 158 valence electrons. The van der Waals surface area contributed by atoms with Gasteiger partial charge in [0.1, 0.15) is 19.8 Å². The van der Waals surface area contributed by atoms with Crippen molar-refractivity contribution < 1.29 is 33.1 Å². The molecule has 0 saturated carbocycles. The van der Waals surface area contributed by atoms with Crippen LogP contribution in [0.3, 0.4) is 0 Å². The monoisotopic (exact) mass is 405 g/mol. The van der Waals surface area contributed by atoms with Crippen molar-refractivity contribution in [2.75, 3.05) is 19.8 Å². The molecule has 0 unspecified atom stereocenters. The molecule has 2 aliphatic rings. The van der Waals surface area contributed by atoms with Gasteiger partial charge in [0.15, 0.2) is 0 Å². The van der Waals surface area contributed by atoms with Gasteiger partial charge in [-0.1, -0.05) is 31.2 Å². The molecule has 0 aliphatic carbocycles. The molecule has 1 N–H and O–H groups in total. The van der Waals surface area contributed by atoms with Crippen LogP contribution in [0.5, 0.6) is 0 Å². The van der Waals surface area contributed by atoms with E-state index in [1.165, 1.54) is 0 Å². The maximum Gasteiger partial charge on any atom is 0.508 e. The number of benzene rings is 1. The van der Waals surface area contributed by atoms with Crippen molar-refractivity contribution in [3.8, 4) is 0 Å². The Morgan fingerprint density at radius 3 is 2.14 bits per heavy atom. The van der Waals surface area contributed by atoms with E-state index in [1.807, 2.05) is 58.9 Å². The van der Waals surface area contributed by atoms with Crippen LogP contribution in [0.4, 0.5) is 9.59 Å². The lowest BCUT2D eigenvalue weighted by molar-refractivity contribution is -0.0508. The van der Waals surface area contributed by atoms with Gasteiger partial charge in [-0.05, 0) is 38.7 Å². The van der Waals surface area contributed by atoms with Crippen molar-refractivity contribution in [3.05, 3.63) is 29.8 Å². The van der Waals surface area contributed by atoms with Gasteiger partial charge in [0.05, 0.1) is 16.6 Å². The summed E-state index contributed by atoms with van der Waals surface area (Å²) in [4.78, 5) is 22.9. The summed E-state index contributed by atoms with van der Waals surface area (Å²) in [6, 6.07) is 7.58. The standard InChI is InChI=1S/C20H28BNO7/c1-18(2)19(3,4)29-21(28-18)15-8-6-14(7-9-15)10-25-16(23)22-11-20(5)12-26-17(24)27-13-20/h6-9H,10-13H2,1-5H3,(H,22,23). The van der Waals surface area contributed by atoms with Gasteiger partial charge < -0.3 is 28.8 Å². The van der Waals surface area contributed by atoms with E-state index in [-0.39, 0.29) is 26.4 Å². The number of hydrogen-bond donors (Lipinski definition) is 1. The molecule has 1 aromatic carbocycles. The van der Waals surface area contributed by atoms with Crippen LogP contribution in [-0.4, -0.2) is 50.3 Å². The van der Waals surface area contributed by atoms with Crippen LogP contribution in [0.1, 0.15) is 40.2 Å². The highest BCUT2D eigenvalue weighted by Gasteiger charge is 2.51. The van der Waals surface area contributed by atoms with Crippen molar-refractivity contribution in [2.45, 2.75) is 52.4 Å². The zero-order valence-corrected chi connectivity index (χ0v) is 17.6. The molecule has 2 heterocycles. The molecule has 0 spiro atoms. The molecule has 9 heteroatoms. The van der Waals surface area contributed by atoms with Crippen molar-refractivity contribution in [2.24, 2.45) is 5.41 Å². The van der Waals surface area contributed by atoms with E-state index in [1.54, 1.807) is 0 Å². The Balaban J connectivity index is 1.46. The topological polar surface area (TPSA) is 92.3 Å². The molecule has 8 nitrogen and oxygen atoms in total. The maximum atomic E-state index is 12.0. The predicted molar refractivity (Wildman–Crippen MR) is 106 cm³/mol. The fourth-order valence-corrected chi connectivity index (χ4v) is 2.89. The molecule has 0 bridgehead atoms. The Morgan fingerprint density at radius 1 is 1.03 bits per heavy atom. The van der Waals surface area contributed by atoms with Gasteiger partial charge in [-0.3, -0.25) is 0 Å². The van der Waals surface area contributed by atoms with Crippen molar-refractivity contribution in [1.82, 2.24) is 5.32 Å². The van der Waals surface area contributed by atoms with Gasteiger partial charge in [0.2, 0.25) is 0 Å². The summed E-state index contributed by atoms with van der Waals surface area (Å²) >= 11 is 0. The van der Waals surface area contributed by atoms with E-state index in [2.05, 4.69) is 5.32 Å². The highest BCUT2D eigenvalue weighted by atomic mass is 16.7. The van der Waals surface area contributed by atoms with Crippen molar-refractivity contribution in [1.29, 1.82) is 0 Å². The minimum atomic E-state index is -0.686. The lowest BCUT2D eigenvalue weighted by atomic mass is 9.79. The lowest BCUT2D eigenvalue weighted by Crippen LogP contribution is -2.45. The van der Waals surface area contributed by atoms with E-state index in [0.717, 1.165) is 11.0 Å². The SMILES string of the molecule is CC1(CNC(=O)OCc2ccc(B3OC(C)(C)C(C)(C)O3)cc2)COC(=O)OC1. The molecule has 2 saturated heterocycles. The number of amides is 1. The van der Waals surface area contributed by atoms with Crippen molar-refractivity contribution in [3.63, 3.8) is 0 Å². The number of rotatable bonds is 5. The van der Waals surface area contributed by atoms with E-state index in [4.69, 9.17) is 23.5 Å². The largest absolute Gasteiger partial charge is 0.508 e. The van der Waals surface area contributed by atoms with Crippen LogP contribution in [0, 0.1) is 5.41 Å². The number of ether oxygens (including phenoxy) is 3. The molecule has 2 aliphatic heterocycles. The summed E-state index contributed by atoms with van der Waals surface area (Å²) in [5.74, 6) is 0. The molecular weight excluding hydrogens is 377 g/mol. The molecule has 29 heavy (non-hydrogen) atoms. The number of carbonyl (C=O) groups excluding carboxylic acids is 2. The van der Waals surface area contributed by atoms with E-state index >= 15 is 0 Å². The fourth-order valence-electron chi connectivity index (χ4n) is 2.89. The van der Waals surface area contributed by atoms with Crippen LogP contribution in [0.2, 0.25) is 0 Å². The van der Waals surface area contributed by atoms with Gasteiger partial charge >= 0.3 is 19.4 Å². The molecule has 0 aromatic heterocycles. The molecule has 0 radical (unpaired) electrons. The van der Waals surface area contributed by atoms with Crippen molar-refractivity contribution >= 4 is 24.8 Å². The fraction of sp³-hybridized carbons (Fsp3) is 0.600. The number of alkyl carbamates (subject to hydrolysis) is 1. The zero-order chi connectivity index (χ0) is 21.3. The van der Waals surface area contributed by atoms with Gasteiger partial charge in [0, 0.05) is 6.54 Å². The van der Waals surface area contributed by atoms with Crippen LogP contribution >= 0.6 is 0 Å². The Kier molecular flexibility index (Phi) is 5.82. The predicted octanol–water partition coefficient (Wildman–Crippen LogP) is 2.39. The first-order chi connectivity index (χ1) is 13.5. The van der Waals surface area contributed by atoms with Gasteiger partial charge in [0.25, 0.3) is 0 Å². The Labute approximate surface area is 171 Å². The van der Waals surface area contributed by atoms with Crippen LogP contribution in [-0.2, 0) is 30.1 Å². The lowest BCUT2D eigenvalue weighted by Gasteiger charge is -2.32.